The van der Waals surface area contributed by atoms with Gasteiger partial charge in [0.25, 0.3) is 0 Å². The molecule has 2 N–H and O–H groups in total. The standard InChI is InChI=1S/C15H27N3O2S/c1-3-4-13(14(16)21)17-5-7-18(8-6-17)15(19)12-9-11(2)20-10-12/h11-13H,3-10H2,1-2H3,(H2,16,21). The molecular formula is C15H27N3O2S. The van der Waals surface area contributed by atoms with Crippen molar-refractivity contribution in [3.05, 3.63) is 0 Å². The summed E-state index contributed by atoms with van der Waals surface area (Å²) in [7, 11) is 0. The number of ether oxygens (including phenoxy) is 1. The van der Waals surface area contributed by atoms with Crippen molar-refractivity contribution in [2.45, 2.75) is 45.3 Å². The van der Waals surface area contributed by atoms with Crippen LogP contribution in [0.2, 0.25) is 0 Å². The fourth-order valence-corrected chi connectivity index (χ4v) is 3.55. The quantitative estimate of drug-likeness (QED) is 0.768. The highest BCUT2D eigenvalue weighted by Gasteiger charge is 2.34. The lowest BCUT2D eigenvalue weighted by Crippen LogP contribution is -2.55. The van der Waals surface area contributed by atoms with Crippen LogP contribution in [-0.4, -0.2) is 65.6 Å². The van der Waals surface area contributed by atoms with Gasteiger partial charge in [0, 0.05) is 26.2 Å². The van der Waals surface area contributed by atoms with Crippen molar-refractivity contribution < 1.29 is 9.53 Å². The summed E-state index contributed by atoms with van der Waals surface area (Å²) in [5.41, 5.74) is 5.86. The fraction of sp³-hybridized carbons (Fsp3) is 0.867. The molecule has 5 nitrogen and oxygen atoms in total. The molecule has 2 saturated heterocycles. The van der Waals surface area contributed by atoms with E-state index in [0.29, 0.717) is 11.6 Å². The Morgan fingerprint density at radius 2 is 2.05 bits per heavy atom. The third-order valence-electron chi connectivity index (χ3n) is 4.50. The number of amides is 1. The number of carbonyl (C=O) groups is 1. The van der Waals surface area contributed by atoms with E-state index < -0.39 is 0 Å². The van der Waals surface area contributed by atoms with Crippen molar-refractivity contribution in [2.24, 2.45) is 11.7 Å². The molecule has 21 heavy (non-hydrogen) atoms. The van der Waals surface area contributed by atoms with Crippen LogP contribution in [0.25, 0.3) is 0 Å². The van der Waals surface area contributed by atoms with Crippen LogP contribution in [0.5, 0.6) is 0 Å². The molecule has 2 aliphatic rings. The molecule has 0 bridgehead atoms. The van der Waals surface area contributed by atoms with Gasteiger partial charge in [-0.05, 0) is 19.8 Å². The zero-order chi connectivity index (χ0) is 15.4. The maximum absolute atomic E-state index is 12.5. The lowest BCUT2D eigenvalue weighted by Gasteiger charge is -2.39. The Hall–Kier alpha value is -0.720. The molecule has 6 heteroatoms. The predicted molar refractivity (Wildman–Crippen MR) is 87.2 cm³/mol. The minimum Gasteiger partial charge on any atom is -0.392 e. The third-order valence-corrected chi connectivity index (χ3v) is 4.78. The Labute approximate surface area is 132 Å². The number of nitrogens with zero attached hydrogens (tertiary/aromatic N) is 2. The van der Waals surface area contributed by atoms with Gasteiger partial charge in [0.15, 0.2) is 0 Å². The van der Waals surface area contributed by atoms with Crippen LogP contribution in [0, 0.1) is 5.92 Å². The molecule has 2 heterocycles. The molecule has 120 valence electrons. The van der Waals surface area contributed by atoms with E-state index in [1.807, 2.05) is 11.8 Å². The van der Waals surface area contributed by atoms with Crippen molar-refractivity contribution >= 4 is 23.1 Å². The van der Waals surface area contributed by atoms with Crippen molar-refractivity contribution in [1.29, 1.82) is 0 Å². The molecule has 0 aromatic heterocycles. The Bertz CT molecular complexity index is 383. The maximum Gasteiger partial charge on any atom is 0.228 e. The molecular weight excluding hydrogens is 286 g/mol. The van der Waals surface area contributed by atoms with Crippen LogP contribution in [0.1, 0.15) is 33.1 Å². The predicted octanol–water partition coefficient (Wildman–Crippen LogP) is 1.01. The third kappa shape index (κ3) is 4.14. The van der Waals surface area contributed by atoms with E-state index in [4.69, 9.17) is 22.7 Å². The average molecular weight is 313 g/mol. The SMILES string of the molecule is CCCC(C(N)=S)N1CCN(C(=O)C2COC(C)C2)CC1. The summed E-state index contributed by atoms with van der Waals surface area (Å²) >= 11 is 5.18. The van der Waals surface area contributed by atoms with Crippen LogP contribution < -0.4 is 5.73 Å². The van der Waals surface area contributed by atoms with Gasteiger partial charge in [0.1, 0.15) is 0 Å². The molecule has 3 unspecified atom stereocenters. The van der Waals surface area contributed by atoms with Crippen molar-refractivity contribution in [3.8, 4) is 0 Å². The van der Waals surface area contributed by atoms with Crippen LogP contribution in [0.3, 0.4) is 0 Å². The smallest absolute Gasteiger partial charge is 0.228 e. The van der Waals surface area contributed by atoms with Crippen LogP contribution in [0.4, 0.5) is 0 Å². The summed E-state index contributed by atoms with van der Waals surface area (Å²) in [4.78, 5) is 17.3. The summed E-state index contributed by atoms with van der Waals surface area (Å²) in [6.07, 6.45) is 3.13. The second-order valence-electron chi connectivity index (χ2n) is 6.14. The van der Waals surface area contributed by atoms with E-state index in [1.54, 1.807) is 0 Å². The topological polar surface area (TPSA) is 58.8 Å². The Morgan fingerprint density at radius 1 is 1.38 bits per heavy atom. The summed E-state index contributed by atoms with van der Waals surface area (Å²) in [5, 5.41) is 0. The lowest BCUT2D eigenvalue weighted by molar-refractivity contribution is -0.137. The van der Waals surface area contributed by atoms with Gasteiger partial charge in [-0.2, -0.15) is 0 Å². The van der Waals surface area contributed by atoms with Crippen molar-refractivity contribution in [2.75, 3.05) is 32.8 Å². The molecule has 0 spiro atoms. The van der Waals surface area contributed by atoms with Gasteiger partial charge >= 0.3 is 0 Å². The Morgan fingerprint density at radius 3 is 2.52 bits per heavy atom. The summed E-state index contributed by atoms with van der Waals surface area (Å²) in [6, 6.07) is 0.178. The first-order valence-electron chi connectivity index (χ1n) is 7.96. The first kappa shape index (κ1) is 16.6. The minimum atomic E-state index is 0.0496. The number of carbonyl (C=O) groups excluding carboxylic acids is 1. The number of rotatable bonds is 5. The van der Waals surface area contributed by atoms with Gasteiger partial charge in [0.05, 0.1) is 29.7 Å². The van der Waals surface area contributed by atoms with E-state index in [1.165, 1.54) is 0 Å². The zero-order valence-electron chi connectivity index (χ0n) is 13.1. The maximum atomic E-state index is 12.5. The highest BCUT2D eigenvalue weighted by Crippen LogP contribution is 2.22. The van der Waals surface area contributed by atoms with E-state index in [9.17, 15) is 4.79 Å². The highest BCUT2D eigenvalue weighted by atomic mass is 32.1. The normalized spacial score (nSPS) is 28.6. The molecule has 0 aromatic rings. The minimum absolute atomic E-state index is 0.0496. The molecule has 2 aliphatic heterocycles. The summed E-state index contributed by atoms with van der Waals surface area (Å²) < 4.78 is 5.51. The Kier molecular flexibility index (Phi) is 5.96. The summed E-state index contributed by atoms with van der Waals surface area (Å²) in [5.74, 6) is 0.301. The lowest BCUT2D eigenvalue weighted by atomic mass is 10.0. The van der Waals surface area contributed by atoms with Gasteiger partial charge < -0.3 is 15.4 Å². The summed E-state index contributed by atoms with van der Waals surface area (Å²) in [6.45, 7) is 8.01. The fourth-order valence-electron chi connectivity index (χ4n) is 3.28. The van der Waals surface area contributed by atoms with Gasteiger partial charge in [-0.15, -0.1) is 0 Å². The Balaban J connectivity index is 1.85. The number of thiocarbonyl (C=S) groups is 1. The van der Waals surface area contributed by atoms with Crippen molar-refractivity contribution in [1.82, 2.24) is 9.80 Å². The van der Waals surface area contributed by atoms with E-state index >= 15 is 0 Å². The molecule has 2 fully saturated rings. The number of nitrogens with two attached hydrogens (primary N) is 1. The zero-order valence-corrected chi connectivity index (χ0v) is 13.9. The molecule has 2 rings (SSSR count). The molecule has 3 atom stereocenters. The number of hydrogen-bond donors (Lipinski definition) is 1. The molecule has 0 radical (unpaired) electrons. The first-order valence-corrected chi connectivity index (χ1v) is 8.37. The van der Waals surface area contributed by atoms with Gasteiger partial charge in [0.2, 0.25) is 5.91 Å². The first-order chi connectivity index (χ1) is 10.0. The molecule has 0 saturated carbocycles. The van der Waals surface area contributed by atoms with E-state index in [2.05, 4.69) is 11.8 Å². The van der Waals surface area contributed by atoms with Gasteiger partial charge in [-0.1, -0.05) is 25.6 Å². The highest BCUT2D eigenvalue weighted by molar-refractivity contribution is 7.80. The second kappa shape index (κ2) is 7.51. The molecule has 0 aromatic carbocycles. The number of hydrogen-bond acceptors (Lipinski definition) is 4. The van der Waals surface area contributed by atoms with E-state index in [-0.39, 0.29) is 24.0 Å². The van der Waals surface area contributed by atoms with Crippen LogP contribution in [0.15, 0.2) is 0 Å². The average Bonchev–Trinajstić information content (AvgIpc) is 2.90. The van der Waals surface area contributed by atoms with E-state index in [0.717, 1.165) is 45.4 Å². The van der Waals surface area contributed by atoms with Crippen LogP contribution >= 0.6 is 12.2 Å². The van der Waals surface area contributed by atoms with Gasteiger partial charge in [-0.3, -0.25) is 9.69 Å². The number of piperazine rings is 1. The van der Waals surface area contributed by atoms with Gasteiger partial charge in [-0.25, -0.2) is 0 Å². The largest absolute Gasteiger partial charge is 0.392 e. The monoisotopic (exact) mass is 313 g/mol. The molecule has 1 amide bonds. The molecule has 0 aliphatic carbocycles. The van der Waals surface area contributed by atoms with Crippen molar-refractivity contribution in [3.63, 3.8) is 0 Å². The van der Waals surface area contributed by atoms with Crippen LogP contribution in [-0.2, 0) is 9.53 Å². The second-order valence-corrected chi connectivity index (χ2v) is 6.62.